The van der Waals surface area contributed by atoms with E-state index in [4.69, 9.17) is 0 Å². The number of aromatic nitrogens is 4. The van der Waals surface area contributed by atoms with Crippen LogP contribution in [-0.4, -0.2) is 50.7 Å². The van der Waals surface area contributed by atoms with Crippen molar-refractivity contribution in [2.24, 2.45) is 0 Å². The van der Waals surface area contributed by atoms with Crippen LogP contribution in [0, 0.1) is 6.92 Å². The molecule has 1 aliphatic rings. The van der Waals surface area contributed by atoms with Crippen molar-refractivity contribution in [3.05, 3.63) is 81.8 Å². The number of H-pyrrole nitrogens is 1. The van der Waals surface area contributed by atoms with E-state index in [1.54, 1.807) is 6.07 Å². The Bertz CT molecular complexity index is 1390. The van der Waals surface area contributed by atoms with Gasteiger partial charge in [0.15, 0.2) is 5.82 Å². The topological polar surface area (TPSA) is 69.5 Å². The first-order valence-electron chi connectivity index (χ1n) is 11.0. The SMILES string of the molecule is Cc1cccc(-c2nc3nc(CN4CCN(c5cccc(C(F)(F)F)c5)CC4)cc(=O)n3[nH]2)c1. The van der Waals surface area contributed by atoms with Gasteiger partial charge in [0.25, 0.3) is 11.3 Å². The summed E-state index contributed by atoms with van der Waals surface area (Å²) in [6.45, 7) is 4.92. The quantitative estimate of drug-likeness (QED) is 0.494. The number of nitrogens with zero attached hydrogens (tertiary/aromatic N) is 5. The predicted octanol–water partition coefficient (Wildman–Crippen LogP) is 3.73. The van der Waals surface area contributed by atoms with Gasteiger partial charge in [-0.25, -0.2) is 4.98 Å². The Morgan fingerprint density at radius 2 is 1.74 bits per heavy atom. The number of nitrogens with one attached hydrogen (secondary N) is 1. The van der Waals surface area contributed by atoms with Crippen LogP contribution in [0.4, 0.5) is 18.9 Å². The molecule has 34 heavy (non-hydrogen) atoms. The van der Waals surface area contributed by atoms with Crippen LogP contribution in [0.15, 0.2) is 59.4 Å². The maximum atomic E-state index is 13.0. The third-order valence-electron chi connectivity index (χ3n) is 5.97. The average Bonchev–Trinajstić information content (AvgIpc) is 3.24. The van der Waals surface area contributed by atoms with Crippen LogP contribution >= 0.6 is 0 Å². The zero-order valence-corrected chi connectivity index (χ0v) is 18.5. The van der Waals surface area contributed by atoms with Crippen LogP contribution in [0.1, 0.15) is 16.8 Å². The molecule has 1 fully saturated rings. The molecule has 7 nitrogen and oxygen atoms in total. The highest BCUT2D eigenvalue weighted by atomic mass is 19.4. The number of rotatable bonds is 4. The Balaban J connectivity index is 1.29. The summed E-state index contributed by atoms with van der Waals surface area (Å²) in [7, 11) is 0. The van der Waals surface area contributed by atoms with Crippen molar-refractivity contribution in [3.63, 3.8) is 0 Å². The lowest BCUT2D eigenvalue weighted by atomic mass is 10.1. The molecule has 176 valence electrons. The maximum absolute atomic E-state index is 13.0. The Labute approximate surface area is 193 Å². The van der Waals surface area contributed by atoms with Gasteiger partial charge < -0.3 is 4.90 Å². The van der Waals surface area contributed by atoms with E-state index in [1.807, 2.05) is 36.1 Å². The van der Waals surface area contributed by atoms with E-state index in [0.717, 1.165) is 17.2 Å². The molecule has 0 amide bonds. The summed E-state index contributed by atoms with van der Waals surface area (Å²) in [6, 6.07) is 14.7. The molecule has 0 spiro atoms. The predicted molar refractivity (Wildman–Crippen MR) is 123 cm³/mol. The lowest BCUT2D eigenvalue weighted by Crippen LogP contribution is -2.46. The largest absolute Gasteiger partial charge is 0.416 e. The van der Waals surface area contributed by atoms with Gasteiger partial charge in [-0.15, -0.1) is 0 Å². The first kappa shape index (κ1) is 22.1. The molecule has 5 rings (SSSR count). The zero-order chi connectivity index (χ0) is 23.9. The number of anilines is 1. The Morgan fingerprint density at radius 3 is 2.47 bits per heavy atom. The summed E-state index contributed by atoms with van der Waals surface area (Å²) in [5.74, 6) is 0.877. The van der Waals surface area contributed by atoms with Crippen molar-refractivity contribution in [1.82, 2.24) is 24.5 Å². The average molecular weight is 468 g/mol. The summed E-state index contributed by atoms with van der Waals surface area (Å²) in [6.07, 6.45) is -4.36. The smallest absolute Gasteiger partial charge is 0.369 e. The molecule has 0 radical (unpaired) electrons. The number of halogens is 3. The molecule has 3 heterocycles. The van der Waals surface area contributed by atoms with Gasteiger partial charge in [0.05, 0.1) is 11.3 Å². The second-order valence-electron chi connectivity index (χ2n) is 8.47. The summed E-state index contributed by atoms with van der Waals surface area (Å²) in [4.78, 5) is 25.8. The number of hydrogen-bond donors (Lipinski definition) is 1. The molecule has 2 aromatic carbocycles. The molecule has 0 atom stereocenters. The second kappa shape index (κ2) is 8.60. The minimum Gasteiger partial charge on any atom is -0.369 e. The third-order valence-corrected chi connectivity index (χ3v) is 5.97. The third kappa shape index (κ3) is 4.54. The summed E-state index contributed by atoms with van der Waals surface area (Å²) in [5.41, 5.74) is 2.25. The van der Waals surface area contributed by atoms with E-state index < -0.39 is 11.7 Å². The number of fused-ring (bicyclic) bond motifs is 1. The van der Waals surface area contributed by atoms with Crippen molar-refractivity contribution in [1.29, 1.82) is 0 Å². The number of piperazine rings is 1. The van der Waals surface area contributed by atoms with Crippen molar-refractivity contribution >= 4 is 11.5 Å². The van der Waals surface area contributed by atoms with Gasteiger partial charge in [0, 0.05) is 50.0 Å². The van der Waals surface area contributed by atoms with E-state index in [2.05, 4.69) is 20.0 Å². The number of hydrogen-bond acceptors (Lipinski definition) is 5. The second-order valence-corrected chi connectivity index (χ2v) is 8.47. The fourth-order valence-electron chi connectivity index (χ4n) is 4.20. The molecule has 10 heteroatoms. The molecule has 4 aromatic rings. The molecule has 0 unspecified atom stereocenters. The number of aromatic amines is 1. The van der Waals surface area contributed by atoms with Gasteiger partial charge in [0.1, 0.15) is 0 Å². The van der Waals surface area contributed by atoms with Crippen LogP contribution in [0.5, 0.6) is 0 Å². The lowest BCUT2D eigenvalue weighted by molar-refractivity contribution is -0.137. The fraction of sp³-hybridized carbons (Fsp3) is 0.292. The zero-order valence-electron chi connectivity index (χ0n) is 18.5. The van der Waals surface area contributed by atoms with Crippen LogP contribution < -0.4 is 10.5 Å². The molecule has 2 aromatic heterocycles. The maximum Gasteiger partial charge on any atom is 0.416 e. The van der Waals surface area contributed by atoms with Gasteiger partial charge in [-0.3, -0.25) is 14.8 Å². The van der Waals surface area contributed by atoms with E-state index in [0.29, 0.717) is 55.7 Å². The molecule has 0 saturated carbocycles. The number of aryl methyl sites for hydroxylation is 1. The van der Waals surface area contributed by atoms with Crippen molar-refractivity contribution < 1.29 is 13.2 Å². The van der Waals surface area contributed by atoms with E-state index in [1.165, 1.54) is 22.7 Å². The summed E-state index contributed by atoms with van der Waals surface area (Å²) >= 11 is 0. The summed E-state index contributed by atoms with van der Waals surface area (Å²) in [5, 5.41) is 3.01. The summed E-state index contributed by atoms with van der Waals surface area (Å²) < 4.78 is 40.4. The standard InChI is InChI=1S/C24H23F3N6O/c1-16-4-2-5-17(12-16)22-29-23-28-19(14-21(34)33(23)30-22)15-31-8-10-32(11-9-31)20-7-3-6-18(13-20)24(25,26)27/h2-7,12-14H,8-11,15H2,1H3,(H,28,29,30). The van der Waals surface area contributed by atoms with E-state index in [9.17, 15) is 18.0 Å². The lowest BCUT2D eigenvalue weighted by Gasteiger charge is -2.36. The molecular weight excluding hydrogens is 445 g/mol. The van der Waals surface area contributed by atoms with E-state index in [-0.39, 0.29) is 5.56 Å². The molecule has 1 saturated heterocycles. The fourth-order valence-corrected chi connectivity index (χ4v) is 4.20. The van der Waals surface area contributed by atoms with Crippen LogP contribution in [0.3, 0.4) is 0 Å². The minimum atomic E-state index is -4.36. The minimum absolute atomic E-state index is 0.242. The molecule has 0 bridgehead atoms. The molecule has 1 aliphatic heterocycles. The van der Waals surface area contributed by atoms with Crippen LogP contribution in [0.2, 0.25) is 0 Å². The van der Waals surface area contributed by atoms with Crippen LogP contribution in [0.25, 0.3) is 17.2 Å². The Hall–Kier alpha value is -3.66. The normalized spacial score (nSPS) is 15.2. The van der Waals surface area contributed by atoms with Gasteiger partial charge in [0.2, 0.25) is 0 Å². The van der Waals surface area contributed by atoms with Gasteiger partial charge in [-0.2, -0.15) is 22.7 Å². The molecular formula is C24H23F3N6O. The van der Waals surface area contributed by atoms with Gasteiger partial charge in [-0.05, 0) is 31.2 Å². The highest BCUT2D eigenvalue weighted by Gasteiger charge is 2.31. The van der Waals surface area contributed by atoms with Crippen molar-refractivity contribution in [2.75, 3.05) is 31.1 Å². The highest BCUT2D eigenvalue weighted by molar-refractivity contribution is 5.57. The Morgan fingerprint density at radius 1 is 0.971 bits per heavy atom. The number of alkyl halides is 3. The molecule has 1 N–H and O–H groups in total. The molecule has 0 aliphatic carbocycles. The van der Waals surface area contributed by atoms with Crippen LogP contribution in [-0.2, 0) is 12.7 Å². The van der Waals surface area contributed by atoms with Gasteiger partial charge in [-0.1, -0.05) is 29.8 Å². The Kier molecular flexibility index (Phi) is 5.60. The highest BCUT2D eigenvalue weighted by Crippen LogP contribution is 2.32. The monoisotopic (exact) mass is 468 g/mol. The first-order valence-corrected chi connectivity index (χ1v) is 11.0. The first-order chi connectivity index (χ1) is 16.3. The van der Waals surface area contributed by atoms with Crippen molar-refractivity contribution in [3.8, 4) is 11.4 Å². The van der Waals surface area contributed by atoms with Gasteiger partial charge >= 0.3 is 6.18 Å². The van der Waals surface area contributed by atoms with E-state index >= 15 is 0 Å². The van der Waals surface area contributed by atoms with Crippen molar-refractivity contribution in [2.45, 2.75) is 19.6 Å². The number of benzene rings is 2.